The van der Waals surface area contributed by atoms with Crippen LogP contribution in [-0.2, 0) is 11.3 Å². The predicted molar refractivity (Wildman–Crippen MR) is 81.3 cm³/mol. The second-order valence-electron chi connectivity index (χ2n) is 5.48. The van der Waals surface area contributed by atoms with Crippen molar-refractivity contribution in [2.24, 2.45) is 0 Å². The number of rotatable bonds is 4. The Morgan fingerprint density at radius 2 is 1.96 bits per heavy atom. The zero-order valence-electron chi connectivity index (χ0n) is 12.6. The Labute approximate surface area is 136 Å². The molecule has 128 valence electrons. The third-order valence-corrected chi connectivity index (χ3v) is 3.93. The van der Waals surface area contributed by atoms with Gasteiger partial charge in [0.2, 0.25) is 0 Å². The van der Waals surface area contributed by atoms with E-state index >= 15 is 0 Å². The van der Waals surface area contributed by atoms with Crippen LogP contribution in [0.2, 0.25) is 0 Å². The summed E-state index contributed by atoms with van der Waals surface area (Å²) in [6, 6.07) is 6.30. The fourth-order valence-electron chi connectivity index (χ4n) is 2.63. The van der Waals surface area contributed by atoms with Crippen molar-refractivity contribution in [2.75, 3.05) is 6.61 Å². The van der Waals surface area contributed by atoms with Gasteiger partial charge in [-0.25, -0.2) is 4.79 Å². The molecule has 3 N–H and O–H groups in total. The van der Waals surface area contributed by atoms with E-state index in [1.165, 1.54) is 12.3 Å². The van der Waals surface area contributed by atoms with Gasteiger partial charge < -0.3 is 20.1 Å². The molecule has 0 aliphatic carbocycles. The molecule has 4 atom stereocenters. The lowest BCUT2D eigenvalue weighted by molar-refractivity contribution is -0.0555. The Morgan fingerprint density at radius 1 is 1.17 bits per heavy atom. The van der Waals surface area contributed by atoms with E-state index in [2.05, 4.69) is 4.98 Å². The Kier molecular flexibility index (Phi) is 4.58. The lowest BCUT2D eigenvalue weighted by Gasteiger charge is -2.18. The number of nitrogens with zero attached hydrogens (tertiary/aromatic N) is 3. The van der Waals surface area contributed by atoms with Crippen molar-refractivity contribution in [3.63, 3.8) is 0 Å². The maximum Gasteiger partial charge on any atom is 0.333 e. The van der Waals surface area contributed by atoms with Gasteiger partial charge in [-0.2, -0.15) is 0 Å². The number of aromatic nitrogens is 3. The molecule has 1 aliphatic heterocycles. The monoisotopic (exact) mass is 335 g/mol. The number of aliphatic hydroxyl groups excluding tert-OH is 3. The lowest BCUT2D eigenvalue weighted by atomic mass is 10.1. The van der Waals surface area contributed by atoms with Crippen LogP contribution in [0.5, 0.6) is 0 Å². The van der Waals surface area contributed by atoms with Crippen molar-refractivity contribution < 1.29 is 20.1 Å². The molecule has 0 aromatic carbocycles. The van der Waals surface area contributed by atoms with Gasteiger partial charge in [0.15, 0.2) is 6.23 Å². The number of ether oxygens (including phenoxy) is 1. The van der Waals surface area contributed by atoms with E-state index in [9.17, 15) is 19.8 Å². The van der Waals surface area contributed by atoms with Crippen molar-refractivity contribution in [2.45, 2.75) is 31.1 Å². The first-order valence-corrected chi connectivity index (χ1v) is 7.37. The van der Waals surface area contributed by atoms with Crippen molar-refractivity contribution in [3.8, 4) is 0 Å². The Balaban J connectivity index is 1.98. The maximum atomic E-state index is 12.6. The molecular formula is C15H17N3O6. The summed E-state index contributed by atoms with van der Waals surface area (Å²) in [5, 5.41) is 29.0. The molecule has 9 heteroatoms. The molecule has 0 saturated carbocycles. The Morgan fingerprint density at radius 3 is 2.58 bits per heavy atom. The minimum absolute atomic E-state index is 0.0336. The molecule has 3 heterocycles. The van der Waals surface area contributed by atoms with Gasteiger partial charge in [0.1, 0.15) is 18.3 Å². The van der Waals surface area contributed by atoms with E-state index in [0.29, 0.717) is 5.69 Å². The largest absolute Gasteiger partial charge is 0.394 e. The summed E-state index contributed by atoms with van der Waals surface area (Å²) < 4.78 is 7.31. The molecule has 3 unspecified atom stereocenters. The second-order valence-corrected chi connectivity index (χ2v) is 5.48. The van der Waals surface area contributed by atoms with Gasteiger partial charge in [0.05, 0.1) is 18.8 Å². The highest BCUT2D eigenvalue weighted by atomic mass is 16.6. The standard InChI is InChI=1S/C15H17N3O6/c19-8-10-12(21)13(22)14(24-10)17-6-4-11(20)18(15(17)23)7-9-3-1-2-5-16-9/h1-6,10,12-14,19,21-22H,7-8H2/t10?,12-,13?,14?/m0/s1. The van der Waals surface area contributed by atoms with Gasteiger partial charge in [-0.15, -0.1) is 0 Å². The van der Waals surface area contributed by atoms with E-state index in [-0.39, 0.29) is 6.54 Å². The van der Waals surface area contributed by atoms with Crippen LogP contribution in [0.25, 0.3) is 0 Å². The van der Waals surface area contributed by atoms with Crippen molar-refractivity contribution in [1.82, 2.24) is 14.1 Å². The summed E-state index contributed by atoms with van der Waals surface area (Å²) in [6.45, 7) is -0.537. The first kappa shape index (κ1) is 16.5. The van der Waals surface area contributed by atoms with Gasteiger partial charge in [-0.1, -0.05) is 6.07 Å². The van der Waals surface area contributed by atoms with Crippen LogP contribution in [0.15, 0.2) is 46.2 Å². The van der Waals surface area contributed by atoms with Crippen molar-refractivity contribution in [1.29, 1.82) is 0 Å². The molecule has 1 aliphatic rings. The summed E-state index contributed by atoms with van der Waals surface area (Å²) >= 11 is 0. The van der Waals surface area contributed by atoms with Crippen LogP contribution < -0.4 is 11.2 Å². The zero-order valence-corrected chi connectivity index (χ0v) is 12.6. The highest BCUT2D eigenvalue weighted by molar-refractivity contribution is 5.05. The maximum absolute atomic E-state index is 12.6. The lowest BCUT2D eigenvalue weighted by Crippen LogP contribution is -2.43. The molecular weight excluding hydrogens is 318 g/mol. The molecule has 2 aromatic rings. The van der Waals surface area contributed by atoms with Gasteiger partial charge in [0, 0.05) is 18.5 Å². The third kappa shape index (κ3) is 2.89. The summed E-state index contributed by atoms with van der Waals surface area (Å²) in [5.74, 6) is 0. The van der Waals surface area contributed by atoms with Crippen LogP contribution in [0, 0.1) is 0 Å². The van der Waals surface area contributed by atoms with Gasteiger partial charge in [-0.05, 0) is 12.1 Å². The quantitative estimate of drug-likeness (QED) is 0.593. The first-order valence-electron chi connectivity index (χ1n) is 7.37. The number of hydrogen-bond acceptors (Lipinski definition) is 7. The molecule has 3 rings (SSSR count). The van der Waals surface area contributed by atoms with Crippen molar-refractivity contribution in [3.05, 3.63) is 63.2 Å². The fourth-order valence-corrected chi connectivity index (χ4v) is 2.63. The Hall–Kier alpha value is -2.33. The number of pyridine rings is 1. The smallest absolute Gasteiger partial charge is 0.333 e. The molecule has 0 spiro atoms. The molecule has 1 fully saturated rings. The third-order valence-electron chi connectivity index (χ3n) is 3.93. The number of hydrogen-bond donors (Lipinski definition) is 3. The minimum atomic E-state index is -1.40. The topological polar surface area (TPSA) is 127 Å². The Bertz CT molecular complexity index is 818. The normalized spacial score (nSPS) is 26.6. The molecule has 9 nitrogen and oxygen atoms in total. The fraction of sp³-hybridized carbons (Fsp3) is 0.400. The van der Waals surface area contributed by atoms with Gasteiger partial charge >= 0.3 is 5.69 Å². The van der Waals surface area contributed by atoms with E-state index in [4.69, 9.17) is 9.84 Å². The van der Waals surface area contributed by atoms with Gasteiger partial charge in [0.25, 0.3) is 5.56 Å². The average molecular weight is 335 g/mol. The highest BCUT2D eigenvalue weighted by Crippen LogP contribution is 2.27. The summed E-state index contributed by atoms with van der Waals surface area (Å²) in [5.41, 5.74) is -0.702. The molecule has 0 radical (unpaired) electrons. The van der Waals surface area contributed by atoms with Crippen molar-refractivity contribution >= 4 is 0 Å². The summed E-state index contributed by atoms with van der Waals surface area (Å²) in [7, 11) is 0. The van der Waals surface area contributed by atoms with E-state index in [0.717, 1.165) is 9.13 Å². The molecule has 1 saturated heterocycles. The number of aliphatic hydroxyl groups is 3. The van der Waals surface area contributed by atoms with Crippen LogP contribution in [0.3, 0.4) is 0 Å². The minimum Gasteiger partial charge on any atom is -0.394 e. The molecule has 24 heavy (non-hydrogen) atoms. The van der Waals surface area contributed by atoms with E-state index in [1.807, 2.05) is 0 Å². The van der Waals surface area contributed by atoms with E-state index < -0.39 is 42.4 Å². The second kappa shape index (κ2) is 6.65. The summed E-state index contributed by atoms with van der Waals surface area (Å²) in [6.07, 6.45) is -2.19. The van der Waals surface area contributed by atoms with E-state index in [1.54, 1.807) is 24.4 Å². The SMILES string of the molecule is O=c1ccn(C2OC(CO)[C@H](O)C2O)c(=O)n1Cc1ccccn1. The predicted octanol–water partition coefficient (Wildman–Crippen LogP) is -1.94. The zero-order chi connectivity index (χ0) is 17.3. The van der Waals surface area contributed by atoms with Crippen LogP contribution >= 0.6 is 0 Å². The summed E-state index contributed by atoms with van der Waals surface area (Å²) in [4.78, 5) is 28.7. The first-order chi connectivity index (χ1) is 11.5. The molecule has 2 aromatic heterocycles. The molecule has 0 bridgehead atoms. The molecule has 0 amide bonds. The van der Waals surface area contributed by atoms with Crippen LogP contribution in [0.1, 0.15) is 11.9 Å². The van der Waals surface area contributed by atoms with Gasteiger partial charge in [-0.3, -0.25) is 18.9 Å². The average Bonchev–Trinajstić information content (AvgIpc) is 2.88. The van der Waals surface area contributed by atoms with Crippen LogP contribution in [-0.4, -0.2) is 54.4 Å². The van der Waals surface area contributed by atoms with Crippen LogP contribution in [0.4, 0.5) is 0 Å². The highest BCUT2D eigenvalue weighted by Gasteiger charge is 2.43.